The first-order valence-electron chi connectivity index (χ1n) is 8.41. The van der Waals surface area contributed by atoms with Crippen LogP contribution in [0.15, 0.2) is 18.2 Å². The lowest BCUT2D eigenvalue weighted by molar-refractivity contribution is -0.108. The molecule has 0 bridgehead atoms. The molecule has 24 heavy (non-hydrogen) atoms. The van der Waals surface area contributed by atoms with Crippen molar-refractivity contribution in [2.24, 2.45) is 5.92 Å². The first-order chi connectivity index (χ1) is 11.2. The third kappa shape index (κ3) is 7.79. The molecular formula is C19H31NO4. The van der Waals surface area contributed by atoms with Gasteiger partial charge in [0.05, 0.1) is 7.11 Å². The molecule has 0 aliphatic heterocycles. The van der Waals surface area contributed by atoms with Crippen LogP contribution in [0, 0.1) is 5.92 Å². The molecule has 2 N–H and O–H groups in total. The zero-order chi connectivity index (χ0) is 18.2. The molecule has 0 spiro atoms. The highest BCUT2D eigenvalue weighted by molar-refractivity contribution is 5.50. The van der Waals surface area contributed by atoms with Crippen LogP contribution in [0.2, 0.25) is 0 Å². The summed E-state index contributed by atoms with van der Waals surface area (Å²) in [5, 5.41) is 13.3. The van der Waals surface area contributed by atoms with Gasteiger partial charge in [0, 0.05) is 24.6 Å². The Kier molecular flexibility index (Phi) is 8.22. The first-order valence-corrected chi connectivity index (χ1v) is 8.41. The van der Waals surface area contributed by atoms with Crippen molar-refractivity contribution in [1.82, 2.24) is 5.32 Å². The van der Waals surface area contributed by atoms with E-state index in [9.17, 15) is 9.90 Å². The number of carbonyl (C=O) groups is 1. The van der Waals surface area contributed by atoms with Crippen LogP contribution in [0.1, 0.15) is 39.7 Å². The molecule has 1 aromatic carbocycles. The molecule has 0 heterocycles. The molecule has 0 saturated carbocycles. The number of aldehydes is 1. The van der Waals surface area contributed by atoms with Crippen molar-refractivity contribution < 1.29 is 19.4 Å². The molecule has 0 fully saturated rings. The Hall–Kier alpha value is -1.59. The Morgan fingerprint density at radius 2 is 2.04 bits per heavy atom. The normalized spacial score (nSPS) is 14.1. The van der Waals surface area contributed by atoms with Crippen molar-refractivity contribution in [3.63, 3.8) is 0 Å². The highest BCUT2D eigenvalue weighted by Gasteiger charge is 2.15. The highest BCUT2D eigenvalue weighted by atomic mass is 16.5. The number of carbonyl (C=O) groups excluding carboxylic acids is 1. The summed E-state index contributed by atoms with van der Waals surface area (Å²) in [6, 6.07) is 5.66. The molecule has 0 aliphatic carbocycles. The fourth-order valence-corrected chi connectivity index (χ4v) is 2.26. The lowest BCUT2D eigenvalue weighted by Crippen LogP contribution is -2.42. The van der Waals surface area contributed by atoms with Gasteiger partial charge in [-0.05, 0) is 44.7 Å². The number of aliphatic hydroxyl groups is 1. The van der Waals surface area contributed by atoms with E-state index in [1.807, 2.05) is 25.1 Å². The van der Waals surface area contributed by atoms with E-state index in [1.165, 1.54) is 0 Å². The van der Waals surface area contributed by atoms with Crippen molar-refractivity contribution in [2.45, 2.75) is 52.2 Å². The van der Waals surface area contributed by atoms with E-state index in [-0.39, 0.29) is 18.1 Å². The molecule has 5 nitrogen and oxygen atoms in total. The van der Waals surface area contributed by atoms with Gasteiger partial charge in [0.25, 0.3) is 0 Å². The predicted molar refractivity (Wildman–Crippen MR) is 95.8 cm³/mol. The van der Waals surface area contributed by atoms with Crippen molar-refractivity contribution in [2.75, 3.05) is 20.3 Å². The summed E-state index contributed by atoms with van der Waals surface area (Å²) < 4.78 is 11.1. The molecule has 136 valence electrons. The van der Waals surface area contributed by atoms with Crippen LogP contribution in [0.25, 0.3) is 0 Å². The fraction of sp³-hybridized carbons (Fsp3) is 0.632. The number of hydrogen-bond donors (Lipinski definition) is 2. The van der Waals surface area contributed by atoms with E-state index in [4.69, 9.17) is 9.47 Å². The van der Waals surface area contributed by atoms with Crippen molar-refractivity contribution in [3.8, 4) is 11.5 Å². The molecule has 5 heteroatoms. The summed E-state index contributed by atoms with van der Waals surface area (Å²) in [6.07, 6.45) is 1.60. The van der Waals surface area contributed by atoms with Crippen molar-refractivity contribution >= 4 is 6.29 Å². The molecule has 0 aromatic heterocycles. The molecule has 1 aromatic rings. The number of hydrogen-bond acceptors (Lipinski definition) is 5. The maximum atomic E-state index is 10.7. The number of benzene rings is 1. The highest BCUT2D eigenvalue weighted by Crippen LogP contribution is 2.27. The van der Waals surface area contributed by atoms with Crippen LogP contribution in [-0.2, 0) is 11.2 Å². The third-order valence-electron chi connectivity index (χ3n) is 3.64. The van der Waals surface area contributed by atoms with E-state index in [2.05, 4.69) is 26.1 Å². The van der Waals surface area contributed by atoms with E-state index in [0.717, 1.165) is 18.3 Å². The van der Waals surface area contributed by atoms with E-state index >= 15 is 0 Å². The van der Waals surface area contributed by atoms with Gasteiger partial charge in [-0.3, -0.25) is 0 Å². The number of aliphatic hydroxyl groups excluding tert-OH is 1. The Morgan fingerprint density at radius 1 is 1.33 bits per heavy atom. The summed E-state index contributed by atoms with van der Waals surface area (Å²) in [6.45, 7) is 8.85. The average Bonchev–Trinajstić information content (AvgIpc) is 2.51. The Labute approximate surface area is 145 Å². The molecule has 0 aliphatic rings. The van der Waals surface area contributed by atoms with Gasteiger partial charge in [-0.25, -0.2) is 0 Å². The minimum Gasteiger partial charge on any atom is -0.497 e. The second-order valence-corrected chi connectivity index (χ2v) is 7.28. The van der Waals surface area contributed by atoms with Gasteiger partial charge in [0.1, 0.15) is 30.5 Å². The number of rotatable bonds is 10. The van der Waals surface area contributed by atoms with Crippen molar-refractivity contribution in [1.29, 1.82) is 0 Å². The van der Waals surface area contributed by atoms with Crippen LogP contribution < -0.4 is 14.8 Å². The second kappa shape index (κ2) is 9.64. The quantitative estimate of drug-likeness (QED) is 0.642. The zero-order valence-electron chi connectivity index (χ0n) is 15.5. The monoisotopic (exact) mass is 337 g/mol. The second-order valence-electron chi connectivity index (χ2n) is 7.28. The van der Waals surface area contributed by atoms with Crippen LogP contribution in [0.3, 0.4) is 0 Å². The van der Waals surface area contributed by atoms with Gasteiger partial charge in [-0.1, -0.05) is 13.0 Å². The molecule has 1 rings (SSSR count). The van der Waals surface area contributed by atoms with Gasteiger partial charge < -0.3 is 24.7 Å². The SMILES string of the molecule is COc1ccc(C[C@@H](C)CC=O)c(OCC(O)CNC(C)(C)C)c1. The Bertz CT molecular complexity index is 511. The van der Waals surface area contributed by atoms with Gasteiger partial charge in [-0.15, -0.1) is 0 Å². The van der Waals surface area contributed by atoms with E-state index in [1.54, 1.807) is 7.11 Å². The van der Waals surface area contributed by atoms with E-state index in [0.29, 0.717) is 24.5 Å². The van der Waals surface area contributed by atoms with Gasteiger partial charge in [0.15, 0.2) is 0 Å². The van der Waals surface area contributed by atoms with Gasteiger partial charge >= 0.3 is 0 Å². The third-order valence-corrected chi connectivity index (χ3v) is 3.64. The molecule has 0 amide bonds. The fourth-order valence-electron chi connectivity index (χ4n) is 2.26. The van der Waals surface area contributed by atoms with Crippen LogP contribution in [-0.4, -0.2) is 43.3 Å². The minimum atomic E-state index is -0.601. The first kappa shape index (κ1) is 20.5. The van der Waals surface area contributed by atoms with Crippen molar-refractivity contribution in [3.05, 3.63) is 23.8 Å². The van der Waals surface area contributed by atoms with Crippen LogP contribution in [0.5, 0.6) is 11.5 Å². The number of ether oxygens (including phenoxy) is 2. The maximum Gasteiger partial charge on any atom is 0.126 e. The molecule has 0 radical (unpaired) electrons. The summed E-state index contributed by atoms with van der Waals surface area (Å²) >= 11 is 0. The van der Waals surface area contributed by atoms with Gasteiger partial charge in [0.2, 0.25) is 0 Å². The van der Waals surface area contributed by atoms with Crippen LogP contribution >= 0.6 is 0 Å². The van der Waals surface area contributed by atoms with E-state index < -0.39 is 6.10 Å². The molecule has 1 unspecified atom stereocenters. The number of methoxy groups -OCH3 is 1. The Balaban J connectivity index is 2.71. The molecular weight excluding hydrogens is 306 g/mol. The lowest BCUT2D eigenvalue weighted by Gasteiger charge is -2.23. The largest absolute Gasteiger partial charge is 0.497 e. The van der Waals surface area contributed by atoms with Crippen LogP contribution in [0.4, 0.5) is 0 Å². The molecule has 2 atom stereocenters. The molecule has 0 saturated heterocycles. The summed E-state index contributed by atoms with van der Waals surface area (Å²) in [7, 11) is 1.61. The summed E-state index contributed by atoms with van der Waals surface area (Å²) in [4.78, 5) is 10.7. The number of β-amino-alcohol motifs (C(OH)–C–C–N with tert-alkyl or cyclic N) is 1. The standard InChI is InChI=1S/C19H31NO4/c1-14(8-9-21)10-15-6-7-17(23-5)11-18(15)24-13-16(22)12-20-19(2,3)4/h6-7,9,11,14,16,20,22H,8,10,12-13H2,1-5H3/t14-,16?/m0/s1. The van der Waals surface area contributed by atoms with Gasteiger partial charge in [-0.2, -0.15) is 0 Å². The summed E-state index contributed by atoms with van der Waals surface area (Å²) in [5.74, 6) is 1.65. The topological polar surface area (TPSA) is 67.8 Å². The number of nitrogens with one attached hydrogen (secondary N) is 1. The minimum absolute atomic E-state index is 0.0492. The predicted octanol–water partition coefficient (Wildman–Crippen LogP) is 2.59. The Morgan fingerprint density at radius 3 is 2.62 bits per heavy atom. The smallest absolute Gasteiger partial charge is 0.126 e. The zero-order valence-corrected chi connectivity index (χ0v) is 15.5. The maximum absolute atomic E-state index is 10.7. The average molecular weight is 337 g/mol. The lowest BCUT2D eigenvalue weighted by atomic mass is 9.98. The summed E-state index contributed by atoms with van der Waals surface area (Å²) in [5.41, 5.74) is 0.966.